The summed E-state index contributed by atoms with van der Waals surface area (Å²) in [6.07, 6.45) is 5.13. The van der Waals surface area contributed by atoms with Crippen LogP contribution in [0.3, 0.4) is 0 Å². The molecule has 1 aromatic rings. The molecule has 3 heteroatoms. The molecule has 0 saturated heterocycles. The summed E-state index contributed by atoms with van der Waals surface area (Å²) in [5.74, 6) is 1.58. The van der Waals surface area contributed by atoms with E-state index in [1.165, 1.54) is 18.6 Å². The summed E-state index contributed by atoms with van der Waals surface area (Å²) < 4.78 is 0. The second kappa shape index (κ2) is 4.92. The minimum absolute atomic E-state index is 0.0562. The van der Waals surface area contributed by atoms with Crippen LogP contribution < -0.4 is 0 Å². The third-order valence-electron chi connectivity index (χ3n) is 5.66. The number of hydrogen-bond acceptors (Lipinski definition) is 3. The van der Waals surface area contributed by atoms with Crippen molar-refractivity contribution in [2.45, 2.75) is 43.7 Å². The van der Waals surface area contributed by atoms with Crippen LogP contribution in [-0.2, 0) is 0 Å². The number of aliphatic imine (C=N–C) groups is 1. The maximum absolute atomic E-state index is 10.6. The van der Waals surface area contributed by atoms with Crippen LogP contribution in [-0.4, -0.2) is 28.1 Å². The summed E-state index contributed by atoms with van der Waals surface area (Å²) in [6.45, 7) is 0.0562. The van der Waals surface area contributed by atoms with Gasteiger partial charge in [0.25, 0.3) is 0 Å². The predicted octanol–water partition coefficient (Wildman–Crippen LogP) is 2.73. The van der Waals surface area contributed by atoms with Crippen LogP contribution in [0.4, 0.5) is 0 Å². The SMILES string of the molecule is OC[C@H](N=C1[C@@H]2CC3C[C@H]1CC(O)(C3)C2)c1ccccc1. The van der Waals surface area contributed by atoms with E-state index >= 15 is 0 Å². The maximum Gasteiger partial charge on any atom is 0.0979 e. The van der Waals surface area contributed by atoms with Gasteiger partial charge in [-0.3, -0.25) is 4.99 Å². The molecule has 0 heterocycles. The zero-order chi connectivity index (χ0) is 14.4. The lowest BCUT2D eigenvalue weighted by Gasteiger charge is -2.55. The van der Waals surface area contributed by atoms with Gasteiger partial charge in [-0.1, -0.05) is 30.3 Å². The van der Waals surface area contributed by atoms with Crippen molar-refractivity contribution in [3.63, 3.8) is 0 Å². The van der Waals surface area contributed by atoms with Crippen molar-refractivity contribution in [3.8, 4) is 0 Å². The van der Waals surface area contributed by atoms with Gasteiger partial charge in [0.2, 0.25) is 0 Å². The molecule has 21 heavy (non-hydrogen) atoms. The Balaban J connectivity index is 1.64. The fourth-order valence-corrected chi connectivity index (χ4v) is 5.01. The van der Waals surface area contributed by atoms with Crippen molar-refractivity contribution < 1.29 is 10.2 Å². The monoisotopic (exact) mass is 285 g/mol. The highest BCUT2D eigenvalue weighted by Gasteiger charge is 2.53. The van der Waals surface area contributed by atoms with E-state index in [-0.39, 0.29) is 12.6 Å². The number of hydrogen-bond donors (Lipinski definition) is 2. The van der Waals surface area contributed by atoms with Gasteiger partial charge in [0.15, 0.2) is 0 Å². The Kier molecular flexibility index (Phi) is 3.16. The van der Waals surface area contributed by atoms with E-state index in [1.807, 2.05) is 30.3 Å². The van der Waals surface area contributed by atoms with Gasteiger partial charge < -0.3 is 10.2 Å². The molecule has 5 atom stereocenters. The molecule has 4 aliphatic rings. The molecule has 0 amide bonds. The van der Waals surface area contributed by atoms with E-state index in [9.17, 15) is 10.2 Å². The van der Waals surface area contributed by atoms with Gasteiger partial charge in [-0.25, -0.2) is 0 Å². The molecule has 1 aromatic carbocycles. The Morgan fingerprint density at radius 1 is 1.10 bits per heavy atom. The van der Waals surface area contributed by atoms with Crippen LogP contribution in [0.5, 0.6) is 0 Å². The van der Waals surface area contributed by atoms with E-state index in [0.717, 1.165) is 24.8 Å². The highest BCUT2D eigenvalue weighted by atomic mass is 16.3. The molecular weight excluding hydrogens is 262 g/mol. The molecule has 3 nitrogen and oxygen atoms in total. The molecule has 0 radical (unpaired) electrons. The normalized spacial score (nSPS) is 40.7. The molecule has 4 saturated carbocycles. The number of benzene rings is 1. The maximum atomic E-state index is 10.6. The summed E-state index contributed by atoms with van der Waals surface area (Å²) in [5.41, 5.74) is 1.94. The molecule has 0 spiro atoms. The second-order valence-corrected chi connectivity index (χ2v) is 7.23. The Labute approximate surface area is 125 Å². The highest BCUT2D eigenvalue weighted by Crippen LogP contribution is 2.54. The molecule has 2 N–H and O–H groups in total. The molecule has 112 valence electrons. The van der Waals surface area contributed by atoms with Crippen molar-refractivity contribution in [2.75, 3.05) is 6.61 Å². The highest BCUT2D eigenvalue weighted by molar-refractivity contribution is 5.91. The molecule has 5 rings (SSSR count). The zero-order valence-corrected chi connectivity index (χ0v) is 12.3. The van der Waals surface area contributed by atoms with Crippen LogP contribution in [0.2, 0.25) is 0 Å². The molecule has 4 bridgehead atoms. The van der Waals surface area contributed by atoms with Crippen LogP contribution in [0.1, 0.15) is 43.7 Å². The van der Waals surface area contributed by atoms with E-state index in [2.05, 4.69) is 0 Å². The third-order valence-corrected chi connectivity index (χ3v) is 5.66. The summed E-state index contributed by atoms with van der Waals surface area (Å²) in [6, 6.07) is 9.91. The van der Waals surface area contributed by atoms with Crippen molar-refractivity contribution in [3.05, 3.63) is 35.9 Å². The van der Waals surface area contributed by atoms with Gasteiger partial charge in [0.05, 0.1) is 18.2 Å². The number of aliphatic hydroxyl groups is 2. The van der Waals surface area contributed by atoms with Crippen molar-refractivity contribution in [2.24, 2.45) is 22.7 Å². The van der Waals surface area contributed by atoms with Crippen molar-refractivity contribution >= 4 is 5.71 Å². The smallest absolute Gasteiger partial charge is 0.0979 e. The fourth-order valence-electron chi connectivity index (χ4n) is 5.01. The average molecular weight is 285 g/mol. The van der Waals surface area contributed by atoms with E-state index in [4.69, 9.17) is 4.99 Å². The van der Waals surface area contributed by atoms with E-state index in [0.29, 0.717) is 17.8 Å². The van der Waals surface area contributed by atoms with Crippen molar-refractivity contribution in [1.29, 1.82) is 0 Å². The van der Waals surface area contributed by atoms with Gasteiger partial charge in [0, 0.05) is 17.5 Å². The lowest BCUT2D eigenvalue weighted by Crippen LogP contribution is -2.55. The zero-order valence-electron chi connectivity index (χ0n) is 12.3. The lowest BCUT2D eigenvalue weighted by atomic mass is 9.53. The first-order valence-corrected chi connectivity index (χ1v) is 8.12. The number of nitrogens with zero attached hydrogens (tertiary/aromatic N) is 1. The van der Waals surface area contributed by atoms with Gasteiger partial charge >= 0.3 is 0 Å². The topological polar surface area (TPSA) is 52.8 Å². The lowest BCUT2D eigenvalue weighted by molar-refractivity contribution is -0.0826. The molecular formula is C18H23NO2. The van der Waals surface area contributed by atoms with Gasteiger partial charge in [-0.15, -0.1) is 0 Å². The quantitative estimate of drug-likeness (QED) is 0.897. The van der Waals surface area contributed by atoms with E-state index < -0.39 is 5.60 Å². The van der Waals surface area contributed by atoms with Crippen LogP contribution in [0, 0.1) is 17.8 Å². The molecule has 0 aromatic heterocycles. The first-order valence-electron chi connectivity index (χ1n) is 8.12. The minimum atomic E-state index is -0.420. The Hall–Kier alpha value is -1.19. The standard InChI is InChI=1S/C18H23NO2/c20-11-16(13-4-2-1-3-5-13)19-17-14-6-12-7-15(17)10-18(21,8-12)9-14/h1-5,12,14-16,20-21H,6-11H2/t12?,14-,15+,16-,18?/m0/s1. The Bertz CT molecular complexity index is 536. The predicted molar refractivity (Wildman–Crippen MR) is 82.2 cm³/mol. The first-order chi connectivity index (χ1) is 10.2. The minimum Gasteiger partial charge on any atom is -0.394 e. The summed E-state index contributed by atoms with van der Waals surface area (Å²) in [4.78, 5) is 4.95. The van der Waals surface area contributed by atoms with Crippen LogP contribution >= 0.6 is 0 Å². The van der Waals surface area contributed by atoms with Gasteiger partial charge in [0.1, 0.15) is 0 Å². The molecule has 4 fully saturated rings. The van der Waals surface area contributed by atoms with Crippen molar-refractivity contribution in [1.82, 2.24) is 0 Å². The Morgan fingerprint density at radius 2 is 1.76 bits per heavy atom. The molecule has 0 aliphatic heterocycles. The number of aliphatic hydroxyl groups excluding tert-OH is 1. The Morgan fingerprint density at radius 3 is 2.33 bits per heavy atom. The molecule has 4 aliphatic carbocycles. The molecule has 2 unspecified atom stereocenters. The summed E-state index contributed by atoms with van der Waals surface area (Å²) in [5, 5.41) is 20.4. The van der Waals surface area contributed by atoms with Crippen LogP contribution in [0.25, 0.3) is 0 Å². The van der Waals surface area contributed by atoms with Gasteiger partial charge in [-0.2, -0.15) is 0 Å². The van der Waals surface area contributed by atoms with E-state index in [1.54, 1.807) is 0 Å². The summed E-state index contributed by atoms with van der Waals surface area (Å²) in [7, 11) is 0. The summed E-state index contributed by atoms with van der Waals surface area (Å²) >= 11 is 0. The number of rotatable bonds is 3. The third kappa shape index (κ3) is 2.33. The largest absolute Gasteiger partial charge is 0.394 e. The first kappa shape index (κ1) is 13.5. The second-order valence-electron chi connectivity index (χ2n) is 7.23. The van der Waals surface area contributed by atoms with Crippen LogP contribution in [0.15, 0.2) is 35.3 Å². The van der Waals surface area contributed by atoms with Gasteiger partial charge in [-0.05, 0) is 43.6 Å². The fraction of sp³-hybridized carbons (Fsp3) is 0.611. The average Bonchev–Trinajstić information content (AvgIpc) is 2.46.